The van der Waals surface area contributed by atoms with Crippen LogP contribution in [0.4, 0.5) is 0 Å². The van der Waals surface area contributed by atoms with Crippen LogP contribution in [0.15, 0.2) is 76.7 Å². The summed E-state index contributed by atoms with van der Waals surface area (Å²) in [7, 11) is 0. The van der Waals surface area contributed by atoms with Crippen molar-refractivity contribution in [3.8, 4) is 11.8 Å². The monoisotopic (exact) mass is 432 g/mol. The zero-order valence-corrected chi connectivity index (χ0v) is 17.3. The van der Waals surface area contributed by atoms with Gasteiger partial charge in [0.1, 0.15) is 0 Å². The highest BCUT2D eigenvalue weighted by Crippen LogP contribution is 2.32. The molecule has 0 bridgehead atoms. The first-order valence-electron chi connectivity index (χ1n) is 9.84. The topological polar surface area (TPSA) is 73.1 Å². The molecular weight excluding hydrogens is 420 g/mol. The van der Waals surface area contributed by atoms with Crippen LogP contribution in [0.1, 0.15) is 37.2 Å². The number of rotatable bonds is 1. The number of fused-ring (bicyclic) bond motifs is 3. The van der Waals surface area contributed by atoms with E-state index in [0.717, 1.165) is 16.3 Å². The molecular formula is C26H12N2O3S. The van der Waals surface area contributed by atoms with E-state index in [1.54, 1.807) is 12.1 Å². The lowest BCUT2D eigenvalue weighted by Crippen LogP contribution is -2.00. The minimum atomic E-state index is -0.320. The summed E-state index contributed by atoms with van der Waals surface area (Å²) >= 11 is 1.30. The Kier molecular flexibility index (Phi) is 4.10. The van der Waals surface area contributed by atoms with E-state index in [1.807, 2.05) is 54.6 Å². The SMILES string of the molecule is O=C1C(=Cc2nc3sc(C#Cc4ccccc4)nc3o2)C(=O)c2cc3ccccc3cc21. The average Bonchev–Trinajstić information content (AvgIpc) is 3.44. The molecule has 2 heterocycles. The number of hydrogen-bond donors (Lipinski definition) is 0. The van der Waals surface area contributed by atoms with Gasteiger partial charge >= 0.3 is 0 Å². The highest BCUT2D eigenvalue weighted by Gasteiger charge is 2.34. The summed E-state index contributed by atoms with van der Waals surface area (Å²) in [5, 5.41) is 2.42. The van der Waals surface area contributed by atoms with Gasteiger partial charge in [-0.15, -0.1) is 0 Å². The molecule has 0 aliphatic heterocycles. The Morgan fingerprint density at radius 1 is 0.812 bits per heavy atom. The largest absolute Gasteiger partial charge is 0.417 e. The van der Waals surface area contributed by atoms with Crippen molar-refractivity contribution in [1.82, 2.24) is 9.97 Å². The molecule has 5 aromatic rings. The van der Waals surface area contributed by atoms with Crippen LogP contribution < -0.4 is 0 Å². The Labute approximate surface area is 186 Å². The molecule has 0 saturated heterocycles. The van der Waals surface area contributed by atoms with Gasteiger partial charge in [-0.25, -0.2) is 0 Å². The second-order valence-corrected chi connectivity index (χ2v) is 8.24. The van der Waals surface area contributed by atoms with E-state index in [4.69, 9.17) is 4.42 Å². The number of hydrogen-bond acceptors (Lipinski definition) is 6. The van der Waals surface area contributed by atoms with Gasteiger partial charge in [0, 0.05) is 22.8 Å². The fourth-order valence-electron chi connectivity index (χ4n) is 3.68. The summed E-state index contributed by atoms with van der Waals surface area (Å²) in [5.74, 6) is 5.59. The van der Waals surface area contributed by atoms with Crippen LogP contribution in [0, 0.1) is 11.8 Å². The van der Waals surface area contributed by atoms with Gasteiger partial charge in [-0.3, -0.25) is 9.59 Å². The van der Waals surface area contributed by atoms with E-state index in [2.05, 4.69) is 21.8 Å². The van der Waals surface area contributed by atoms with Gasteiger partial charge in [0.15, 0.2) is 21.4 Å². The lowest BCUT2D eigenvalue weighted by atomic mass is 10.0. The maximum Gasteiger partial charge on any atom is 0.259 e. The molecule has 3 aromatic carbocycles. The minimum Gasteiger partial charge on any atom is -0.417 e. The molecule has 0 radical (unpaired) electrons. The first kappa shape index (κ1) is 18.4. The van der Waals surface area contributed by atoms with Crippen molar-refractivity contribution in [3.63, 3.8) is 0 Å². The van der Waals surface area contributed by atoms with Crippen LogP contribution >= 0.6 is 11.3 Å². The lowest BCUT2D eigenvalue weighted by Gasteiger charge is -2.00. The molecule has 2 aromatic heterocycles. The smallest absolute Gasteiger partial charge is 0.259 e. The van der Waals surface area contributed by atoms with Gasteiger partial charge in [0.25, 0.3) is 5.71 Å². The number of aromatic nitrogens is 2. The fraction of sp³-hybridized carbons (Fsp3) is 0. The summed E-state index contributed by atoms with van der Waals surface area (Å²) in [5.41, 5.74) is 2.09. The van der Waals surface area contributed by atoms with Crippen molar-refractivity contribution >= 4 is 50.3 Å². The Morgan fingerprint density at radius 3 is 2.12 bits per heavy atom. The molecule has 0 N–H and O–H groups in total. The Balaban J connectivity index is 1.33. The van der Waals surface area contributed by atoms with Crippen molar-refractivity contribution in [1.29, 1.82) is 0 Å². The second-order valence-electron chi connectivity index (χ2n) is 7.26. The maximum atomic E-state index is 12.9. The fourth-order valence-corrected chi connectivity index (χ4v) is 4.41. The predicted molar refractivity (Wildman–Crippen MR) is 123 cm³/mol. The van der Waals surface area contributed by atoms with Crippen molar-refractivity contribution in [2.75, 3.05) is 0 Å². The predicted octanol–water partition coefficient (Wildman–Crippen LogP) is 5.30. The van der Waals surface area contributed by atoms with Crippen molar-refractivity contribution in [2.45, 2.75) is 0 Å². The lowest BCUT2D eigenvalue weighted by molar-refractivity contribution is 0.0990. The average molecular weight is 432 g/mol. The number of Topliss-reactive ketones (excluding diaryl/α,β-unsaturated/α-hetero) is 2. The Hall–Kier alpha value is -4.34. The molecule has 6 heteroatoms. The Bertz CT molecular complexity index is 1580. The van der Waals surface area contributed by atoms with E-state index in [1.165, 1.54) is 17.4 Å². The number of allylic oxidation sites excluding steroid dienone is 1. The zero-order chi connectivity index (χ0) is 21.7. The van der Waals surface area contributed by atoms with Gasteiger partial charge in [0.2, 0.25) is 5.89 Å². The third kappa shape index (κ3) is 3.04. The van der Waals surface area contributed by atoms with Gasteiger partial charge in [-0.1, -0.05) is 59.7 Å². The molecule has 0 amide bonds. The number of ketones is 2. The number of carbonyl (C=O) groups is 2. The van der Waals surface area contributed by atoms with Gasteiger partial charge in [-0.2, -0.15) is 9.97 Å². The van der Waals surface area contributed by atoms with Crippen LogP contribution in [0.2, 0.25) is 0 Å². The first-order valence-corrected chi connectivity index (χ1v) is 10.7. The molecule has 150 valence electrons. The highest BCUT2D eigenvalue weighted by molar-refractivity contribution is 7.18. The molecule has 1 aliphatic carbocycles. The third-order valence-corrected chi connectivity index (χ3v) is 6.06. The van der Waals surface area contributed by atoms with Crippen LogP contribution in [0.5, 0.6) is 0 Å². The molecule has 32 heavy (non-hydrogen) atoms. The number of thiazole rings is 1. The number of carbonyl (C=O) groups excluding carboxylic acids is 2. The minimum absolute atomic E-state index is 0.0494. The molecule has 6 rings (SSSR count). The molecule has 0 spiro atoms. The molecule has 1 aliphatic rings. The maximum absolute atomic E-state index is 12.9. The number of nitrogens with zero attached hydrogens (tertiary/aromatic N) is 2. The summed E-state index contributed by atoms with van der Waals surface area (Å²) in [4.78, 5) is 35.1. The third-order valence-electron chi connectivity index (χ3n) is 5.21. The second kappa shape index (κ2) is 7.12. The zero-order valence-electron chi connectivity index (χ0n) is 16.5. The highest BCUT2D eigenvalue weighted by atomic mass is 32.1. The van der Waals surface area contributed by atoms with Crippen LogP contribution in [-0.4, -0.2) is 21.5 Å². The Morgan fingerprint density at radius 2 is 1.47 bits per heavy atom. The van der Waals surface area contributed by atoms with E-state index in [9.17, 15) is 9.59 Å². The molecule has 0 saturated carbocycles. The first-order chi connectivity index (χ1) is 15.7. The van der Waals surface area contributed by atoms with Crippen LogP contribution in [0.25, 0.3) is 27.4 Å². The summed E-state index contributed by atoms with van der Waals surface area (Å²) in [6.45, 7) is 0. The van der Waals surface area contributed by atoms with E-state index < -0.39 is 0 Å². The normalized spacial score (nSPS) is 12.8. The van der Waals surface area contributed by atoms with Crippen molar-refractivity contribution in [3.05, 3.63) is 99.9 Å². The van der Waals surface area contributed by atoms with Crippen molar-refractivity contribution in [2.24, 2.45) is 0 Å². The summed E-state index contributed by atoms with van der Waals surface area (Å²) < 4.78 is 5.68. The number of oxazole rings is 1. The van der Waals surface area contributed by atoms with Gasteiger partial charge in [-0.05, 0) is 41.0 Å². The van der Waals surface area contributed by atoms with Crippen LogP contribution in [0.3, 0.4) is 0 Å². The van der Waals surface area contributed by atoms with Gasteiger partial charge < -0.3 is 4.42 Å². The van der Waals surface area contributed by atoms with Crippen molar-refractivity contribution < 1.29 is 14.0 Å². The summed E-state index contributed by atoms with van der Waals surface area (Å²) in [6, 6.07) is 20.8. The number of benzene rings is 3. The van der Waals surface area contributed by atoms with E-state index >= 15 is 0 Å². The van der Waals surface area contributed by atoms with E-state index in [0.29, 0.717) is 26.7 Å². The molecule has 5 nitrogen and oxygen atoms in total. The quantitative estimate of drug-likeness (QED) is 0.204. The summed E-state index contributed by atoms with van der Waals surface area (Å²) in [6.07, 6.45) is 1.40. The van der Waals surface area contributed by atoms with Crippen LogP contribution in [-0.2, 0) is 0 Å². The van der Waals surface area contributed by atoms with E-state index in [-0.39, 0.29) is 23.0 Å². The standard InChI is InChI=1S/C26H12N2O3S/c29-23-18-12-16-8-4-5-9-17(16)13-19(18)24(30)20(23)14-21-27-26-25(31-21)28-22(32-26)11-10-15-6-2-1-3-7-15/h1-9,12-14H. The van der Waals surface area contributed by atoms with Gasteiger partial charge in [0.05, 0.1) is 5.57 Å². The molecule has 0 fully saturated rings. The molecule has 0 unspecified atom stereocenters. The molecule has 0 atom stereocenters.